The van der Waals surface area contributed by atoms with E-state index in [9.17, 15) is 4.79 Å². The van der Waals surface area contributed by atoms with Crippen LogP contribution in [0, 0.1) is 0 Å². The van der Waals surface area contributed by atoms with Crippen molar-refractivity contribution in [2.45, 2.75) is 18.2 Å². The second-order valence-electron chi connectivity index (χ2n) is 5.91. The standard InChI is InChI=1S/C18H19N3O2S/c22-18(12-21-13-19-14-4-1-2-5-15(14)21)20-8-7-17(24-11-9-20)16-6-3-10-23-16/h1-6,10,13,17H,7-9,11-12H2/t17-/m0/s1. The monoisotopic (exact) mass is 341 g/mol. The van der Waals surface area contributed by atoms with E-state index in [1.165, 1.54) is 0 Å². The van der Waals surface area contributed by atoms with E-state index >= 15 is 0 Å². The Bertz CT molecular complexity index is 828. The van der Waals surface area contributed by atoms with E-state index in [-0.39, 0.29) is 5.91 Å². The Morgan fingerprint density at radius 1 is 1.25 bits per heavy atom. The SMILES string of the molecule is O=C(Cn1cnc2ccccc21)N1CCS[C@H](c2ccco2)CC1. The molecular weight excluding hydrogens is 322 g/mol. The summed E-state index contributed by atoms with van der Waals surface area (Å²) in [6.45, 7) is 1.90. The first-order valence-electron chi connectivity index (χ1n) is 8.14. The Balaban J connectivity index is 1.43. The maximum Gasteiger partial charge on any atom is 0.242 e. The fourth-order valence-corrected chi connectivity index (χ4v) is 4.28. The molecule has 0 unspecified atom stereocenters. The maximum atomic E-state index is 12.7. The molecule has 1 aliphatic heterocycles. The molecule has 0 spiro atoms. The summed E-state index contributed by atoms with van der Waals surface area (Å²) in [7, 11) is 0. The fourth-order valence-electron chi connectivity index (χ4n) is 3.10. The van der Waals surface area contributed by atoms with Gasteiger partial charge in [-0.1, -0.05) is 12.1 Å². The van der Waals surface area contributed by atoms with Crippen molar-refractivity contribution in [1.29, 1.82) is 0 Å². The van der Waals surface area contributed by atoms with Crippen LogP contribution in [-0.4, -0.2) is 39.2 Å². The highest BCUT2D eigenvalue weighted by Crippen LogP contribution is 2.34. The molecule has 2 aromatic heterocycles. The lowest BCUT2D eigenvalue weighted by Gasteiger charge is -2.20. The van der Waals surface area contributed by atoms with Crippen LogP contribution in [0.4, 0.5) is 0 Å². The molecule has 0 N–H and O–H groups in total. The largest absolute Gasteiger partial charge is 0.468 e. The van der Waals surface area contributed by atoms with E-state index in [0.29, 0.717) is 11.8 Å². The van der Waals surface area contributed by atoms with Crippen molar-refractivity contribution in [3.05, 3.63) is 54.7 Å². The number of thioether (sulfide) groups is 1. The highest BCUT2D eigenvalue weighted by molar-refractivity contribution is 7.99. The van der Waals surface area contributed by atoms with Gasteiger partial charge in [-0.2, -0.15) is 0 Å². The number of rotatable bonds is 3. The Morgan fingerprint density at radius 3 is 3.04 bits per heavy atom. The van der Waals surface area contributed by atoms with Crippen LogP contribution in [-0.2, 0) is 11.3 Å². The Kier molecular flexibility index (Phi) is 4.30. The average Bonchev–Trinajstić information content (AvgIpc) is 3.20. The van der Waals surface area contributed by atoms with E-state index in [2.05, 4.69) is 4.98 Å². The van der Waals surface area contributed by atoms with Crippen LogP contribution in [0.1, 0.15) is 17.4 Å². The van der Waals surface area contributed by atoms with Gasteiger partial charge in [-0.25, -0.2) is 4.98 Å². The predicted octanol–water partition coefficient (Wildman–Crippen LogP) is 3.34. The molecule has 3 heterocycles. The Hall–Kier alpha value is -2.21. The third-order valence-electron chi connectivity index (χ3n) is 4.39. The molecule has 0 aliphatic carbocycles. The summed E-state index contributed by atoms with van der Waals surface area (Å²) in [5.41, 5.74) is 1.93. The van der Waals surface area contributed by atoms with Gasteiger partial charge in [0, 0.05) is 18.8 Å². The molecular formula is C18H19N3O2S. The third-order valence-corrected chi connectivity index (χ3v) is 5.68. The lowest BCUT2D eigenvalue weighted by Crippen LogP contribution is -2.35. The summed E-state index contributed by atoms with van der Waals surface area (Å²) >= 11 is 1.87. The normalized spacial score (nSPS) is 18.7. The summed E-state index contributed by atoms with van der Waals surface area (Å²) in [5.74, 6) is 2.09. The minimum absolute atomic E-state index is 0.152. The van der Waals surface area contributed by atoms with Gasteiger partial charge in [0.25, 0.3) is 0 Å². The molecule has 0 saturated carbocycles. The lowest BCUT2D eigenvalue weighted by molar-refractivity contribution is -0.131. The molecule has 1 fully saturated rings. The fraction of sp³-hybridized carbons (Fsp3) is 0.333. The number of carbonyl (C=O) groups excluding carboxylic acids is 1. The van der Waals surface area contributed by atoms with E-state index in [4.69, 9.17) is 4.42 Å². The van der Waals surface area contributed by atoms with Crippen molar-refractivity contribution in [2.24, 2.45) is 0 Å². The number of nitrogens with zero attached hydrogens (tertiary/aromatic N) is 3. The van der Waals surface area contributed by atoms with Crippen molar-refractivity contribution in [1.82, 2.24) is 14.5 Å². The molecule has 6 heteroatoms. The number of aromatic nitrogens is 2. The van der Waals surface area contributed by atoms with Crippen LogP contribution in [0.15, 0.2) is 53.4 Å². The number of fused-ring (bicyclic) bond motifs is 1. The second kappa shape index (κ2) is 6.73. The van der Waals surface area contributed by atoms with Gasteiger partial charge in [0.15, 0.2) is 0 Å². The summed E-state index contributed by atoms with van der Waals surface area (Å²) in [6, 6.07) is 11.8. The van der Waals surface area contributed by atoms with Gasteiger partial charge in [-0.15, -0.1) is 11.8 Å². The molecule has 3 aromatic rings. The first kappa shape index (κ1) is 15.3. The quantitative estimate of drug-likeness (QED) is 0.733. The number of hydrogen-bond donors (Lipinski definition) is 0. The van der Waals surface area contributed by atoms with Gasteiger partial charge in [0.1, 0.15) is 12.3 Å². The number of amides is 1. The molecule has 24 heavy (non-hydrogen) atoms. The number of carbonyl (C=O) groups is 1. The molecule has 1 amide bonds. The highest BCUT2D eigenvalue weighted by Gasteiger charge is 2.23. The minimum atomic E-state index is 0.152. The Labute approximate surface area is 144 Å². The van der Waals surface area contributed by atoms with Gasteiger partial charge >= 0.3 is 0 Å². The smallest absolute Gasteiger partial charge is 0.242 e. The van der Waals surface area contributed by atoms with E-state index < -0.39 is 0 Å². The predicted molar refractivity (Wildman–Crippen MR) is 94.8 cm³/mol. The Morgan fingerprint density at radius 2 is 2.17 bits per heavy atom. The molecule has 0 radical (unpaired) electrons. The van der Waals surface area contributed by atoms with Crippen molar-refractivity contribution in [3.63, 3.8) is 0 Å². The molecule has 0 bridgehead atoms. The number of para-hydroxylation sites is 2. The highest BCUT2D eigenvalue weighted by atomic mass is 32.2. The van der Waals surface area contributed by atoms with Crippen LogP contribution in [0.2, 0.25) is 0 Å². The van der Waals surface area contributed by atoms with Crippen LogP contribution < -0.4 is 0 Å². The van der Waals surface area contributed by atoms with Crippen LogP contribution in [0.25, 0.3) is 11.0 Å². The summed E-state index contributed by atoms with van der Waals surface area (Å²) in [6.07, 6.45) is 4.39. The number of furan rings is 1. The molecule has 4 rings (SSSR count). The number of imidazole rings is 1. The maximum absolute atomic E-state index is 12.7. The van der Waals surface area contributed by atoms with Gasteiger partial charge in [-0.05, 0) is 30.7 Å². The topological polar surface area (TPSA) is 51.3 Å². The van der Waals surface area contributed by atoms with Crippen LogP contribution in [0.5, 0.6) is 0 Å². The first-order chi connectivity index (χ1) is 11.8. The van der Waals surface area contributed by atoms with Gasteiger partial charge in [-0.3, -0.25) is 4.79 Å². The van der Waals surface area contributed by atoms with Crippen LogP contribution >= 0.6 is 11.8 Å². The van der Waals surface area contributed by atoms with Crippen molar-refractivity contribution >= 4 is 28.7 Å². The van der Waals surface area contributed by atoms with E-state index in [1.807, 2.05) is 57.6 Å². The first-order valence-corrected chi connectivity index (χ1v) is 9.19. The van der Waals surface area contributed by atoms with Crippen molar-refractivity contribution < 1.29 is 9.21 Å². The van der Waals surface area contributed by atoms with Gasteiger partial charge < -0.3 is 13.9 Å². The van der Waals surface area contributed by atoms with Crippen molar-refractivity contribution in [2.75, 3.05) is 18.8 Å². The number of hydrogen-bond acceptors (Lipinski definition) is 4. The van der Waals surface area contributed by atoms with Crippen molar-refractivity contribution in [3.8, 4) is 0 Å². The summed E-state index contributed by atoms with van der Waals surface area (Å²) < 4.78 is 7.45. The third kappa shape index (κ3) is 3.06. The average molecular weight is 341 g/mol. The van der Waals surface area contributed by atoms with Gasteiger partial charge in [0.2, 0.25) is 5.91 Å². The second-order valence-corrected chi connectivity index (χ2v) is 7.22. The number of benzene rings is 1. The van der Waals surface area contributed by atoms with Gasteiger partial charge in [0.05, 0.1) is 28.9 Å². The summed E-state index contributed by atoms with van der Waals surface area (Å²) in [4.78, 5) is 19.0. The molecule has 1 atom stereocenters. The summed E-state index contributed by atoms with van der Waals surface area (Å²) in [5, 5.41) is 0.340. The van der Waals surface area contributed by atoms with E-state index in [1.54, 1.807) is 12.6 Å². The lowest BCUT2D eigenvalue weighted by atomic mass is 10.2. The molecule has 1 aliphatic rings. The zero-order chi connectivity index (χ0) is 16.4. The molecule has 1 aromatic carbocycles. The molecule has 1 saturated heterocycles. The zero-order valence-corrected chi connectivity index (χ0v) is 14.1. The van der Waals surface area contributed by atoms with Crippen LogP contribution in [0.3, 0.4) is 0 Å². The molecule has 5 nitrogen and oxygen atoms in total. The van der Waals surface area contributed by atoms with E-state index in [0.717, 1.165) is 42.1 Å². The minimum Gasteiger partial charge on any atom is -0.468 e. The molecule has 124 valence electrons. The zero-order valence-electron chi connectivity index (χ0n) is 13.3.